The van der Waals surface area contributed by atoms with Gasteiger partial charge in [0, 0.05) is 0 Å². The highest BCUT2D eigenvalue weighted by Crippen LogP contribution is 2.19. The molecule has 0 N–H and O–H groups in total. The Kier molecular flexibility index (Phi) is 7.87. The Bertz CT molecular complexity index is 680. The molecule has 0 aromatic heterocycles. The molecule has 2 aromatic rings. The average molecular weight is 354 g/mol. The van der Waals surface area contributed by atoms with Gasteiger partial charge in [-0.3, -0.25) is 9.59 Å². The zero-order valence-electron chi connectivity index (χ0n) is 15.4. The number of benzene rings is 2. The lowest BCUT2D eigenvalue weighted by Crippen LogP contribution is -2.23. The monoisotopic (exact) mass is 354 g/mol. The zero-order valence-corrected chi connectivity index (χ0v) is 15.4. The van der Waals surface area contributed by atoms with Crippen molar-refractivity contribution in [3.63, 3.8) is 0 Å². The lowest BCUT2D eigenvalue weighted by molar-refractivity contribution is -0.157. The van der Waals surface area contributed by atoms with E-state index in [0.717, 1.165) is 11.1 Å². The maximum atomic E-state index is 12.4. The second-order valence-corrected chi connectivity index (χ2v) is 6.77. The molecule has 1 unspecified atom stereocenters. The summed E-state index contributed by atoms with van der Waals surface area (Å²) < 4.78 is 10.7. The molecule has 2 aromatic carbocycles. The lowest BCUT2D eigenvalue weighted by atomic mass is 9.94. The molecule has 0 fully saturated rings. The first kappa shape index (κ1) is 19.7. The zero-order chi connectivity index (χ0) is 18.8. The second-order valence-electron chi connectivity index (χ2n) is 6.77. The lowest BCUT2D eigenvalue weighted by Gasteiger charge is -2.17. The summed E-state index contributed by atoms with van der Waals surface area (Å²) in [6, 6.07) is 19.0. The van der Waals surface area contributed by atoms with Gasteiger partial charge in [-0.05, 0) is 23.5 Å². The summed E-state index contributed by atoms with van der Waals surface area (Å²) in [5.74, 6) is -0.927. The van der Waals surface area contributed by atoms with Crippen molar-refractivity contribution in [3.05, 3.63) is 71.8 Å². The molecule has 0 radical (unpaired) electrons. The Morgan fingerprint density at radius 3 is 1.81 bits per heavy atom. The first-order valence-electron chi connectivity index (χ1n) is 8.94. The van der Waals surface area contributed by atoms with Crippen LogP contribution in [0.4, 0.5) is 0 Å². The van der Waals surface area contributed by atoms with E-state index in [4.69, 9.17) is 9.47 Å². The van der Waals surface area contributed by atoms with Gasteiger partial charge >= 0.3 is 11.9 Å². The minimum absolute atomic E-state index is 0.0403. The van der Waals surface area contributed by atoms with E-state index in [2.05, 4.69) is 0 Å². The Balaban J connectivity index is 1.86. The van der Waals surface area contributed by atoms with Gasteiger partial charge in [0.05, 0.1) is 12.3 Å². The summed E-state index contributed by atoms with van der Waals surface area (Å²) in [5.41, 5.74) is 1.85. The van der Waals surface area contributed by atoms with E-state index in [9.17, 15) is 9.59 Å². The Labute approximate surface area is 155 Å². The van der Waals surface area contributed by atoms with Gasteiger partial charge in [-0.25, -0.2) is 0 Å². The fourth-order valence-corrected chi connectivity index (χ4v) is 2.68. The Morgan fingerprint density at radius 2 is 1.31 bits per heavy atom. The van der Waals surface area contributed by atoms with E-state index in [1.54, 1.807) is 0 Å². The number of carbonyl (C=O) groups excluding carboxylic acids is 2. The van der Waals surface area contributed by atoms with Crippen LogP contribution >= 0.6 is 0 Å². The molecular formula is C22H26O4. The van der Waals surface area contributed by atoms with E-state index >= 15 is 0 Å². The minimum atomic E-state index is -0.484. The molecule has 0 aliphatic heterocycles. The Hall–Kier alpha value is -2.62. The van der Waals surface area contributed by atoms with E-state index in [0.29, 0.717) is 6.42 Å². The molecule has 0 heterocycles. The molecule has 1 atom stereocenters. The van der Waals surface area contributed by atoms with E-state index in [1.807, 2.05) is 74.5 Å². The number of rotatable bonds is 9. The van der Waals surface area contributed by atoms with Crippen molar-refractivity contribution < 1.29 is 19.1 Å². The number of hydrogen-bond donors (Lipinski definition) is 0. The molecule has 2 rings (SSSR count). The van der Waals surface area contributed by atoms with Crippen molar-refractivity contribution in [2.75, 3.05) is 0 Å². The molecule has 4 nitrogen and oxygen atoms in total. The molecule has 0 saturated heterocycles. The SMILES string of the molecule is CC(C)CC(CC(=O)OCc1ccccc1)C(=O)OCc1ccccc1. The minimum Gasteiger partial charge on any atom is -0.461 e. The summed E-state index contributed by atoms with van der Waals surface area (Å²) in [6.45, 7) is 4.47. The maximum Gasteiger partial charge on any atom is 0.309 e. The molecular weight excluding hydrogens is 328 g/mol. The van der Waals surface area contributed by atoms with Crippen molar-refractivity contribution in [1.29, 1.82) is 0 Å². The summed E-state index contributed by atoms with van der Waals surface area (Å²) in [5, 5.41) is 0. The van der Waals surface area contributed by atoms with Crippen LogP contribution in [0.1, 0.15) is 37.8 Å². The van der Waals surface area contributed by atoms with Crippen LogP contribution in [0, 0.1) is 11.8 Å². The van der Waals surface area contributed by atoms with Crippen molar-refractivity contribution >= 4 is 11.9 Å². The third kappa shape index (κ3) is 7.09. The van der Waals surface area contributed by atoms with Gasteiger partial charge in [-0.1, -0.05) is 74.5 Å². The van der Waals surface area contributed by atoms with E-state index in [1.165, 1.54) is 0 Å². The fourth-order valence-electron chi connectivity index (χ4n) is 2.68. The van der Waals surface area contributed by atoms with Crippen LogP contribution in [0.15, 0.2) is 60.7 Å². The summed E-state index contributed by atoms with van der Waals surface area (Å²) in [4.78, 5) is 24.6. The van der Waals surface area contributed by atoms with Crippen LogP contribution in [0.25, 0.3) is 0 Å². The van der Waals surface area contributed by atoms with Crippen molar-refractivity contribution in [3.8, 4) is 0 Å². The molecule has 0 bridgehead atoms. The average Bonchev–Trinajstić information content (AvgIpc) is 2.65. The highest BCUT2D eigenvalue weighted by molar-refractivity contribution is 5.80. The predicted octanol–water partition coefficient (Wildman–Crippen LogP) is 4.53. The van der Waals surface area contributed by atoms with Gasteiger partial charge < -0.3 is 9.47 Å². The molecule has 0 aliphatic carbocycles. The van der Waals surface area contributed by atoms with Crippen LogP contribution in [-0.2, 0) is 32.3 Å². The molecule has 26 heavy (non-hydrogen) atoms. The predicted molar refractivity (Wildman–Crippen MR) is 100 cm³/mol. The van der Waals surface area contributed by atoms with E-state index < -0.39 is 5.92 Å². The third-order valence-corrected chi connectivity index (χ3v) is 3.97. The Morgan fingerprint density at radius 1 is 0.808 bits per heavy atom. The number of hydrogen-bond acceptors (Lipinski definition) is 4. The largest absolute Gasteiger partial charge is 0.461 e. The molecule has 4 heteroatoms. The van der Waals surface area contributed by atoms with Gasteiger partial charge in [0.15, 0.2) is 0 Å². The highest BCUT2D eigenvalue weighted by Gasteiger charge is 2.25. The molecule has 0 spiro atoms. The van der Waals surface area contributed by atoms with Crippen LogP contribution < -0.4 is 0 Å². The molecule has 138 valence electrons. The van der Waals surface area contributed by atoms with Gasteiger partial charge in [0.2, 0.25) is 0 Å². The summed E-state index contributed by atoms with van der Waals surface area (Å²) in [7, 11) is 0. The number of ether oxygens (including phenoxy) is 2. The normalized spacial score (nSPS) is 11.8. The van der Waals surface area contributed by atoms with Crippen molar-refractivity contribution in [2.24, 2.45) is 11.8 Å². The third-order valence-electron chi connectivity index (χ3n) is 3.97. The van der Waals surface area contributed by atoms with Gasteiger partial charge in [0.25, 0.3) is 0 Å². The fraction of sp³-hybridized carbons (Fsp3) is 0.364. The highest BCUT2D eigenvalue weighted by atomic mass is 16.5. The topological polar surface area (TPSA) is 52.6 Å². The first-order valence-corrected chi connectivity index (χ1v) is 8.94. The summed E-state index contributed by atoms with van der Waals surface area (Å²) in [6.07, 6.45) is 0.632. The maximum absolute atomic E-state index is 12.4. The summed E-state index contributed by atoms with van der Waals surface area (Å²) >= 11 is 0. The van der Waals surface area contributed by atoms with Crippen LogP contribution in [0.3, 0.4) is 0 Å². The second kappa shape index (κ2) is 10.4. The van der Waals surface area contributed by atoms with Crippen molar-refractivity contribution in [2.45, 2.75) is 39.9 Å². The molecule has 0 saturated carbocycles. The molecule has 0 aliphatic rings. The standard InChI is InChI=1S/C22H26O4/c1-17(2)13-20(22(24)26-16-19-11-7-4-8-12-19)14-21(23)25-15-18-9-5-3-6-10-18/h3-12,17,20H,13-16H2,1-2H3. The molecule has 0 amide bonds. The van der Waals surface area contributed by atoms with Crippen LogP contribution in [0.2, 0.25) is 0 Å². The van der Waals surface area contributed by atoms with Gasteiger partial charge in [-0.2, -0.15) is 0 Å². The first-order chi connectivity index (χ1) is 12.5. The van der Waals surface area contributed by atoms with Gasteiger partial charge in [0.1, 0.15) is 13.2 Å². The quantitative estimate of drug-likeness (QED) is 0.621. The van der Waals surface area contributed by atoms with Crippen LogP contribution in [-0.4, -0.2) is 11.9 Å². The van der Waals surface area contributed by atoms with Crippen LogP contribution in [0.5, 0.6) is 0 Å². The number of esters is 2. The van der Waals surface area contributed by atoms with Crippen molar-refractivity contribution in [1.82, 2.24) is 0 Å². The van der Waals surface area contributed by atoms with Gasteiger partial charge in [-0.15, -0.1) is 0 Å². The number of carbonyl (C=O) groups is 2. The smallest absolute Gasteiger partial charge is 0.309 e. The van der Waals surface area contributed by atoms with E-state index in [-0.39, 0.29) is 37.5 Å².